The van der Waals surface area contributed by atoms with Gasteiger partial charge < -0.3 is 9.32 Å². The molecule has 134 valence electrons. The smallest absolute Gasteiger partial charge is 0.349 e. The number of nitrogens with zero attached hydrogens (tertiary/aromatic N) is 1. The van der Waals surface area contributed by atoms with Gasteiger partial charge in [0.15, 0.2) is 0 Å². The summed E-state index contributed by atoms with van der Waals surface area (Å²) in [5, 5.41) is 2.74. The second-order valence-electron chi connectivity index (χ2n) is 6.53. The van der Waals surface area contributed by atoms with Crippen molar-refractivity contribution in [2.45, 2.75) is 13.8 Å². The summed E-state index contributed by atoms with van der Waals surface area (Å²) in [4.78, 5) is 27.3. The van der Waals surface area contributed by atoms with E-state index in [1.54, 1.807) is 17.0 Å². The van der Waals surface area contributed by atoms with E-state index in [9.17, 15) is 9.59 Å². The first kappa shape index (κ1) is 17.0. The van der Waals surface area contributed by atoms with E-state index < -0.39 is 5.63 Å². The number of fused-ring (bicyclic) bond motifs is 3. The predicted octanol–water partition coefficient (Wildman–Crippen LogP) is 4.92. The van der Waals surface area contributed by atoms with Crippen molar-refractivity contribution >= 4 is 33.3 Å². The molecule has 0 atom stereocenters. The van der Waals surface area contributed by atoms with Crippen molar-refractivity contribution in [2.24, 2.45) is 0 Å². The van der Waals surface area contributed by atoms with E-state index in [2.05, 4.69) is 0 Å². The minimum Gasteiger partial charge on any atom is -0.422 e. The van der Waals surface area contributed by atoms with E-state index in [0.717, 1.165) is 27.4 Å². The molecule has 0 saturated carbocycles. The Morgan fingerprint density at radius 2 is 1.78 bits per heavy atom. The van der Waals surface area contributed by atoms with Gasteiger partial charge in [-0.1, -0.05) is 42.5 Å². The van der Waals surface area contributed by atoms with Gasteiger partial charge in [0.1, 0.15) is 11.1 Å². The van der Waals surface area contributed by atoms with Gasteiger partial charge in [-0.05, 0) is 54.4 Å². The van der Waals surface area contributed by atoms with Gasteiger partial charge in [0.25, 0.3) is 5.91 Å². The van der Waals surface area contributed by atoms with Gasteiger partial charge in [0.2, 0.25) is 0 Å². The molecule has 0 spiro atoms. The highest BCUT2D eigenvalue weighted by atomic mass is 16.4. The highest BCUT2D eigenvalue weighted by molar-refractivity contribution is 6.11. The van der Waals surface area contributed by atoms with Crippen molar-refractivity contribution in [1.29, 1.82) is 0 Å². The van der Waals surface area contributed by atoms with Crippen molar-refractivity contribution in [2.75, 3.05) is 11.4 Å². The Morgan fingerprint density at radius 3 is 2.56 bits per heavy atom. The third-order valence-corrected chi connectivity index (χ3v) is 4.75. The summed E-state index contributed by atoms with van der Waals surface area (Å²) < 4.78 is 5.47. The first-order valence-corrected chi connectivity index (χ1v) is 8.92. The third-order valence-electron chi connectivity index (χ3n) is 4.75. The molecule has 3 aromatic carbocycles. The lowest BCUT2D eigenvalue weighted by Gasteiger charge is -2.21. The monoisotopic (exact) mass is 357 g/mol. The van der Waals surface area contributed by atoms with Crippen molar-refractivity contribution in [3.05, 3.63) is 88.3 Å². The average molecular weight is 357 g/mol. The Labute approximate surface area is 156 Å². The molecule has 0 fully saturated rings. The third kappa shape index (κ3) is 2.99. The molecule has 0 radical (unpaired) electrons. The van der Waals surface area contributed by atoms with Crippen LogP contribution >= 0.6 is 0 Å². The van der Waals surface area contributed by atoms with Gasteiger partial charge in [-0.3, -0.25) is 4.79 Å². The molecule has 4 heteroatoms. The number of carbonyl (C=O) groups is 1. The number of amides is 1. The molecule has 0 unspecified atom stereocenters. The summed E-state index contributed by atoms with van der Waals surface area (Å²) in [6.07, 6.45) is 0. The van der Waals surface area contributed by atoms with Crippen molar-refractivity contribution in [3.63, 3.8) is 0 Å². The molecule has 0 aliphatic heterocycles. The molecule has 4 rings (SSSR count). The standard InChI is InChI=1S/C23H19NO3/c1-3-24(17-9-6-7-15(2)13-17)22(25)20-14-19-18-10-5-4-8-16(18)11-12-21(19)27-23(20)26/h4-14H,3H2,1-2H3. The minimum absolute atomic E-state index is 0.0437. The molecule has 4 aromatic rings. The zero-order chi connectivity index (χ0) is 19.0. The largest absolute Gasteiger partial charge is 0.422 e. The fourth-order valence-corrected chi connectivity index (χ4v) is 3.41. The first-order valence-electron chi connectivity index (χ1n) is 8.92. The molecule has 1 amide bonds. The summed E-state index contributed by atoms with van der Waals surface area (Å²) in [5.41, 5.74) is 1.72. The maximum absolute atomic E-state index is 13.2. The zero-order valence-electron chi connectivity index (χ0n) is 15.2. The van der Waals surface area contributed by atoms with Gasteiger partial charge in [0.05, 0.1) is 0 Å². The van der Waals surface area contributed by atoms with E-state index >= 15 is 0 Å². The number of hydrogen-bond donors (Lipinski definition) is 0. The van der Waals surface area contributed by atoms with E-state index in [0.29, 0.717) is 12.1 Å². The van der Waals surface area contributed by atoms with Crippen LogP contribution < -0.4 is 10.5 Å². The molecule has 27 heavy (non-hydrogen) atoms. The van der Waals surface area contributed by atoms with Crippen LogP contribution in [-0.4, -0.2) is 12.5 Å². The number of carbonyl (C=O) groups excluding carboxylic acids is 1. The zero-order valence-corrected chi connectivity index (χ0v) is 15.2. The number of anilines is 1. The first-order chi connectivity index (χ1) is 13.1. The molecule has 4 nitrogen and oxygen atoms in total. The fraction of sp³-hybridized carbons (Fsp3) is 0.130. The van der Waals surface area contributed by atoms with Gasteiger partial charge in [0, 0.05) is 17.6 Å². The van der Waals surface area contributed by atoms with E-state index in [1.165, 1.54) is 0 Å². The summed E-state index contributed by atoms with van der Waals surface area (Å²) in [6.45, 7) is 4.31. The fourth-order valence-electron chi connectivity index (χ4n) is 3.41. The van der Waals surface area contributed by atoms with Crippen LogP contribution in [0.1, 0.15) is 22.8 Å². The minimum atomic E-state index is -0.617. The maximum Gasteiger partial charge on any atom is 0.349 e. The topological polar surface area (TPSA) is 50.5 Å². The maximum atomic E-state index is 13.2. The summed E-state index contributed by atoms with van der Waals surface area (Å²) in [5.74, 6) is -0.355. The van der Waals surface area contributed by atoms with Gasteiger partial charge in [-0.15, -0.1) is 0 Å². The van der Waals surface area contributed by atoms with Crippen molar-refractivity contribution < 1.29 is 9.21 Å². The average Bonchev–Trinajstić information content (AvgIpc) is 2.68. The second kappa shape index (κ2) is 6.72. The van der Waals surface area contributed by atoms with Crippen molar-refractivity contribution in [3.8, 4) is 0 Å². The van der Waals surface area contributed by atoms with Crippen LogP contribution in [0.15, 0.2) is 75.9 Å². The molecule has 1 heterocycles. The number of benzene rings is 3. The van der Waals surface area contributed by atoms with Crippen LogP contribution in [0.5, 0.6) is 0 Å². The van der Waals surface area contributed by atoms with Crippen LogP contribution in [0.4, 0.5) is 5.69 Å². The van der Waals surface area contributed by atoms with E-state index in [-0.39, 0.29) is 11.5 Å². The molecule has 0 aliphatic carbocycles. The Kier molecular flexibility index (Phi) is 4.24. The summed E-state index contributed by atoms with van der Waals surface area (Å²) in [7, 11) is 0. The highest BCUT2D eigenvalue weighted by Crippen LogP contribution is 2.26. The molecule has 0 saturated heterocycles. The number of rotatable bonds is 3. The summed E-state index contributed by atoms with van der Waals surface area (Å²) >= 11 is 0. The second-order valence-corrected chi connectivity index (χ2v) is 6.53. The lowest BCUT2D eigenvalue weighted by molar-refractivity contribution is 0.0985. The van der Waals surface area contributed by atoms with Crippen LogP contribution in [0.25, 0.3) is 21.7 Å². The Hall–Kier alpha value is -3.40. The van der Waals surface area contributed by atoms with Crippen molar-refractivity contribution in [1.82, 2.24) is 0 Å². The SMILES string of the molecule is CCN(C(=O)c1cc2c(ccc3ccccc32)oc1=O)c1cccc(C)c1. The van der Waals surface area contributed by atoms with Gasteiger partial charge in [-0.25, -0.2) is 4.79 Å². The molecule has 1 aromatic heterocycles. The van der Waals surface area contributed by atoms with E-state index in [1.807, 2.05) is 68.4 Å². The number of hydrogen-bond acceptors (Lipinski definition) is 3. The van der Waals surface area contributed by atoms with E-state index in [4.69, 9.17) is 4.42 Å². The molecule has 0 N–H and O–H groups in total. The number of aryl methyl sites for hydroxylation is 1. The lowest BCUT2D eigenvalue weighted by atomic mass is 10.0. The highest BCUT2D eigenvalue weighted by Gasteiger charge is 2.21. The lowest BCUT2D eigenvalue weighted by Crippen LogP contribution is -2.34. The van der Waals surface area contributed by atoms with Gasteiger partial charge >= 0.3 is 5.63 Å². The molecule has 0 bridgehead atoms. The Balaban J connectivity index is 1.89. The van der Waals surface area contributed by atoms with Gasteiger partial charge in [-0.2, -0.15) is 0 Å². The van der Waals surface area contributed by atoms with Crippen LogP contribution in [0.3, 0.4) is 0 Å². The van der Waals surface area contributed by atoms with Crippen LogP contribution in [0, 0.1) is 6.92 Å². The molecule has 0 aliphatic rings. The van der Waals surface area contributed by atoms with Crippen LogP contribution in [-0.2, 0) is 0 Å². The normalized spacial score (nSPS) is 11.0. The Morgan fingerprint density at radius 1 is 0.963 bits per heavy atom. The molecular formula is C23H19NO3. The predicted molar refractivity (Wildman–Crippen MR) is 109 cm³/mol. The quantitative estimate of drug-likeness (QED) is 0.386. The van der Waals surface area contributed by atoms with Crippen LogP contribution in [0.2, 0.25) is 0 Å². The Bertz CT molecular complexity index is 1220. The molecular weight excluding hydrogens is 338 g/mol. The summed E-state index contributed by atoms with van der Waals surface area (Å²) in [6, 6.07) is 20.8.